The Kier molecular flexibility index (Phi) is 19.2. The molecule has 1 heterocycles. The van der Waals surface area contributed by atoms with Crippen molar-refractivity contribution in [3.05, 3.63) is 201 Å². The van der Waals surface area contributed by atoms with Gasteiger partial charge in [-0.15, -0.1) is 0 Å². The highest BCUT2D eigenvalue weighted by molar-refractivity contribution is 6.10. The lowest BCUT2D eigenvalue weighted by Crippen LogP contribution is -2.13. The van der Waals surface area contributed by atoms with Crippen molar-refractivity contribution < 1.29 is 28.7 Å². The fourth-order valence-electron chi connectivity index (χ4n) is 6.95. The number of aromatic nitrogens is 1. The van der Waals surface area contributed by atoms with Crippen LogP contribution in [0.25, 0.3) is 51.0 Å². The number of hydrogen-bond acceptors (Lipinski definition) is 8. The summed E-state index contributed by atoms with van der Waals surface area (Å²) in [6, 6.07) is 27.2. The number of nitriles is 1. The van der Waals surface area contributed by atoms with Crippen LogP contribution in [-0.2, 0) is 19.1 Å². The topological polar surface area (TPSA) is 138 Å². The van der Waals surface area contributed by atoms with Crippen LogP contribution in [0.3, 0.4) is 0 Å². The van der Waals surface area contributed by atoms with E-state index in [1.807, 2.05) is 132 Å². The molecule has 1 unspecified atom stereocenters. The summed E-state index contributed by atoms with van der Waals surface area (Å²) in [6.07, 6.45) is 28.8. The summed E-state index contributed by atoms with van der Waals surface area (Å²) < 4.78 is 19.4. The van der Waals surface area contributed by atoms with Crippen LogP contribution in [0, 0.1) is 28.0 Å². The van der Waals surface area contributed by atoms with E-state index in [4.69, 9.17) is 20.8 Å². The molecule has 0 bridgehead atoms. The second-order valence-electron chi connectivity index (χ2n) is 15.1. The molecule has 0 fully saturated rings. The fraction of sp³-hybridized carbons (Fsp3) is 0.200. The van der Waals surface area contributed by atoms with Gasteiger partial charge in [-0.1, -0.05) is 117 Å². The molecule has 0 saturated heterocycles. The molecule has 0 aliphatic heterocycles. The van der Waals surface area contributed by atoms with Crippen LogP contribution in [-0.4, -0.2) is 41.6 Å². The van der Waals surface area contributed by atoms with E-state index in [-0.39, 0.29) is 29.3 Å². The highest BCUT2D eigenvalue weighted by Crippen LogP contribution is 2.36. The van der Waals surface area contributed by atoms with E-state index in [1.54, 1.807) is 31.4 Å². The Balaban J connectivity index is 1.52. The monoisotopic (exact) mass is 880 g/mol. The number of benzene rings is 4. The molecule has 1 atom stereocenters. The maximum atomic E-state index is 13.1. The van der Waals surface area contributed by atoms with E-state index >= 15 is 0 Å². The first-order valence-electron chi connectivity index (χ1n) is 21.6. The van der Waals surface area contributed by atoms with E-state index in [0.29, 0.717) is 23.3 Å². The van der Waals surface area contributed by atoms with E-state index in [1.165, 1.54) is 25.1 Å². The number of allylic oxidation sites excluding steroid dienone is 9. The predicted molar refractivity (Wildman–Crippen MR) is 264 cm³/mol. The van der Waals surface area contributed by atoms with Crippen LogP contribution < -0.4 is 4.74 Å². The number of non-ortho nitro benzene ring substituents is 1. The van der Waals surface area contributed by atoms with Gasteiger partial charge in [-0.3, -0.25) is 10.1 Å². The highest BCUT2D eigenvalue weighted by atomic mass is 16.6. The lowest BCUT2D eigenvalue weighted by Gasteiger charge is -2.20. The van der Waals surface area contributed by atoms with Gasteiger partial charge in [-0.25, -0.2) is 9.64 Å². The molecule has 66 heavy (non-hydrogen) atoms. The summed E-state index contributed by atoms with van der Waals surface area (Å²) in [5, 5.41) is 22.7. The molecule has 11 heteroatoms. The largest absolute Gasteiger partial charge is 0.467 e. The summed E-state index contributed by atoms with van der Waals surface area (Å²) in [5.74, 6) is -0.457. The lowest BCUT2D eigenvalue weighted by atomic mass is 10.0. The molecule has 0 amide bonds. The first-order valence-corrected chi connectivity index (χ1v) is 21.6. The van der Waals surface area contributed by atoms with Gasteiger partial charge in [0.25, 0.3) is 5.69 Å². The van der Waals surface area contributed by atoms with E-state index in [0.717, 1.165) is 71.6 Å². The normalized spacial score (nSPS) is 12.7. The quantitative estimate of drug-likeness (QED) is 0.00687. The molecule has 0 spiro atoms. The van der Waals surface area contributed by atoms with Gasteiger partial charge < -0.3 is 23.6 Å². The number of nitro benzene ring substituents is 1. The van der Waals surface area contributed by atoms with Gasteiger partial charge in [0.05, 0.1) is 29.1 Å². The van der Waals surface area contributed by atoms with Gasteiger partial charge in [0, 0.05) is 36.6 Å². The molecule has 334 valence electrons. The van der Waals surface area contributed by atoms with Crippen LogP contribution in [0.2, 0.25) is 0 Å². The number of carbonyl (C=O) groups excluding carboxylic acids is 2. The third kappa shape index (κ3) is 14.5. The summed E-state index contributed by atoms with van der Waals surface area (Å²) in [6.45, 7) is 13.6. The number of methoxy groups -OCH3 is 1. The number of nitro groups is 1. The van der Waals surface area contributed by atoms with Gasteiger partial charge >= 0.3 is 5.97 Å². The van der Waals surface area contributed by atoms with Crippen LogP contribution in [0.15, 0.2) is 157 Å². The summed E-state index contributed by atoms with van der Waals surface area (Å²) in [7, 11) is 1.70. The van der Waals surface area contributed by atoms with Crippen LogP contribution in [0.1, 0.15) is 73.9 Å². The minimum Gasteiger partial charge on any atom is -0.467 e. The number of carbonyl (C=O) groups is 2. The van der Waals surface area contributed by atoms with Crippen molar-refractivity contribution in [2.24, 2.45) is 0 Å². The maximum absolute atomic E-state index is 13.1. The van der Waals surface area contributed by atoms with Gasteiger partial charge in [0.1, 0.15) is 17.4 Å². The van der Waals surface area contributed by atoms with E-state index < -0.39 is 17.1 Å². The molecule has 1 aromatic heterocycles. The second kappa shape index (κ2) is 25.9. The number of rotatable bonds is 24. The summed E-state index contributed by atoms with van der Waals surface area (Å²) in [4.78, 5) is 39.4. The van der Waals surface area contributed by atoms with Gasteiger partial charge in [0.15, 0.2) is 12.0 Å². The Morgan fingerprint density at radius 3 is 1.85 bits per heavy atom. The van der Waals surface area contributed by atoms with E-state index in [9.17, 15) is 25.0 Å². The zero-order valence-corrected chi connectivity index (χ0v) is 37.2. The number of nitrogens with zero attached hydrogens (tertiary/aromatic N) is 4. The fourth-order valence-corrected chi connectivity index (χ4v) is 6.95. The molecular weight excluding hydrogens is 829 g/mol. The maximum Gasteiger partial charge on any atom is 0.348 e. The number of ether oxygens (including phenoxy) is 3. The number of hydrogen-bond donors (Lipinski definition) is 0. The average Bonchev–Trinajstić information content (AvgIpc) is 3.64. The molecule has 4 aromatic carbocycles. The Labute approximate surface area is 385 Å². The Morgan fingerprint density at radius 1 is 0.773 bits per heavy atom. The third-order valence-corrected chi connectivity index (χ3v) is 10.3. The van der Waals surface area contributed by atoms with Crippen LogP contribution >= 0.6 is 0 Å². The van der Waals surface area contributed by atoms with Gasteiger partial charge in [-0.05, 0) is 109 Å². The second-order valence-corrected chi connectivity index (χ2v) is 15.1. The van der Waals surface area contributed by atoms with E-state index in [2.05, 4.69) is 11.4 Å². The Hall–Kier alpha value is -8.12. The molecule has 0 aliphatic carbocycles. The molecule has 11 nitrogen and oxygen atoms in total. The first-order chi connectivity index (χ1) is 32.1. The molecule has 5 rings (SSSR count). The number of unbranched alkanes of at least 4 members (excludes halogenated alkanes) is 5. The standard InChI is InChI=1S/C55H52N4O7/c1-5-6-7-8-9-10-13-16-19-54(66-48-30-24-43(25-31-48)21-20-42-22-28-47(29-23-42)59(62)63)58-52-32-26-44(36-46(40-56)55(61)65-35-18-15-12-11-14-17-34-64-4)37-49(52)50-38-45(27-33-53(50)58)39-51(57-3)41(2)60/h5-10,13,16,19-33,36-39,54H,1,11-12,14-15,17-18,34-35H2,2,4H3/b7-6+,9-8+,13-10+,19-16+,21-20+,46-36+,51-39+. The zero-order valence-electron chi connectivity index (χ0n) is 37.2. The van der Waals surface area contributed by atoms with Crippen molar-refractivity contribution >= 4 is 63.5 Å². The minimum atomic E-state index is -0.699. The smallest absolute Gasteiger partial charge is 0.348 e. The van der Waals surface area contributed by atoms with Crippen molar-refractivity contribution in [1.29, 1.82) is 5.26 Å². The summed E-state index contributed by atoms with van der Waals surface area (Å²) in [5.41, 5.74) is 4.41. The van der Waals surface area contributed by atoms with Crippen molar-refractivity contribution in [1.82, 2.24) is 4.57 Å². The zero-order chi connectivity index (χ0) is 47.1. The number of fused-ring (bicyclic) bond motifs is 3. The lowest BCUT2D eigenvalue weighted by molar-refractivity contribution is -0.384. The molecular formula is C55H52N4O7. The Bertz CT molecular complexity index is 2810. The third-order valence-electron chi connectivity index (χ3n) is 10.3. The van der Waals surface area contributed by atoms with Crippen LogP contribution in [0.4, 0.5) is 5.69 Å². The highest BCUT2D eigenvalue weighted by Gasteiger charge is 2.20. The SMILES string of the molecule is [C-]#[N+]/C(=C/c1ccc2c(c1)c1cc(/C=C(\C#N)C(=O)OCCCCCCCCOC)ccc1n2C(/C=C/C=C/C=C/C=C/C=C)Oc1ccc(/C=C/c2ccc([N+](=O)[O-])cc2)cc1)C(C)=O. The van der Waals surface area contributed by atoms with Crippen molar-refractivity contribution in [2.75, 3.05) is 20.3 Å². The number of esters is 1. The van der Waals surface area contributed by atoms with Gasteiger partial charge in [-0.2, -0.15) is 5.26 Å². The number of Topliss-reactive ketones (excluding diaryl/α,β-unsaturated/α-hetero) is 1. The Morgan fingerprint density at radius 2 is 1.30 bits per heavy atom. The molecule has 5 aromatic rings. The molecule has 0 N–H and O–H groups in total. The summed E-state index contributed by atoms with van der Waals surface area (Å²) >= 11 is 0. The van der Waals surface area contributed by atoms with Crippen molar-refractivity contribution in [3.8, 4) is 11.8 Å². The van der Waals surface area contributed by atoms with Gasteiger partial charge in [0.2, 0.25) is 5.70 Å². The molecule has 0 aliphatic rings. The number of ketones is 1. The first kappa shape index (κ1) is 48.9. The van der Waals surface area contributed by atoms with Crippen molar-refractivity contribution in [2.45, 2.75) is 51.7 Å². The predicted octanol–water partition coefficient (Wildman–Crippen LogP) is 13.1. The van der Waals surface area contributed by atoms with Crippen LogP contribution in [0.5, 0.6) is 5.75 Å². The average molecular weight is 881 g/mol. The molecule has 0 radical (unpaired) electrons. The minimum absolute atomic E-state index is 0.00282. The van der Waals surface area contributed by atoms with Crippen molar-refractivity contribution in [3.63, 3.8) is 0 Å². The molecule has 0 saturated carbocycles.